The van der Waals surface area contributed by atoms with E-state index in [1.54, 1.807) is 11.6 Å². The number of aliphatic hydroxyl groups excluding tert-OH is 1. The highest BCUT2D eigenvalue weighted by Gasteiger charge is 2.12. The summed E-state index contributed by atoms with van der Waals surface area (Å²) >= 11 is 0. The molecule has 0 aliphatic carbocycles. The van der Waals surface area contributed by atoms with Gasteiger partial charge in [-0.15, -0.1) is 0 Å². The third-order valence-corrected chi connectivity index (χ3v) is 2.77. The van der Waals surface area contributed by atoms with Crippen LogP contribution in [0.2, 0.25) is 0 Å². The molecular weight excluding hydrogens is 249 g/mol. The normalized spacial score (nSPS) is 12.4. The van der Waals surface area contributed by atoms with Gasteiger partial charge in [0, 0.05) is 12.1 Å². The molecule has 0 saturated carbocycles. The van der Waals surface area contributed by atoms with Crippen molar-refractivity contribution in [3.8, 4) is 5.75 Å². The van der Waals surface area contributed by atoms with Crippen molar-refractivity contribution in [2.45, 2.75) is 33.1 Å². The van der Waals surface area contributed by atoms with Crippen molar-refractivity contribution >= 4 is 0 Å². The fraction of sp³-hybridized carbons (Fsp3) is 0.385. The van der Waals surface area contributed by atoms with Gasteiger partial charge in [-0.05, 0) is 32.0 Å². The standard InChI is InChI=1S/C13H16FN3O2/c1-3-17-13(15-8-16-17)7-19-12-5-4-10(14)6-11(12)9(2)18/h4-6,8-9,18H,3,7H2,1-2H3/t9-/m1/s1. The summed E-state index contributed by atoms with van der Waals surface area (Å²) in [5, 5.41) is 13.6. The molecule has 102 valence electrons. The van der Waals surface area contributed by atoms with Crippen LogP contribution in [0.25, 0.3) is 0 Å². The van der Waals surface area contributed by atoms with E-state index in [9.17, 15) is 9.50 Å². The SMILES string of the molecule is CCn1ncnc1COc1ccc(F)cc1[C@@H](C)O. The number of aliphatic hydroxyl groups is 1. The van der Waals surface area contributed by atoms with Gasteiger partial charge in [-0.1, -0.05) is 0 Å². The van der Waals surface area contributed by atoms with Crippen LogP contribution < -0.4 is 4.74 Å². The summed E-state index contributed by atoms with van der Waals surface area (Å²) in [6, 6.07) is 4.07. The highest BCUT2D eigenvalue weighted by Crippen LogP contribution is 2.26. The van der Waals surface area contributed by atoms with Crippen molar-refractivity contribution in [2.24, 2.45) is 0 Å². The zero-order valence-corrected chi connectivity index (χ0v) is 10.9. The molecule has 1 N–H and O–H groups in total. The molecule has 1 heterocycles. The van der Waals surface area contributed by atoms with Crippen molar-refractivity contribution in [3.63, 3.8) is 0 Å². The Bertz CT molecular complexity index is 555. The molecule has 1 atom stereocenters. The van der Waals surface area contributed by atoms with E-state index in [0.717, 1.165) is 0 Å². The molecule has 6 heteroatoms. The molecule has 2 rings (SSSR count). The van der Waals surface area contributed by atoms with Crippen LogP contribution in [0.1, 0.15) is 31.3 Å². The second kappa shape index (κ2) is 5.79. The van der Waals surface area contributed by atoms with Crippen LogP contribution in [0.3, 0.4) is 0 Å². The highest BCUT2D eigenvalue weighted by molar-refractivity contribution is 5.35. The van der Waals surface area contributed by atoms with E-state index in [-0.39, 0.29) is 6.61 Å². The van der Waals surface area contributed by atoms with E-state index in [0.29, 0.717) is 23.7 Å². The lowest BCUT2D eigenvalue weighted by Gasteiger charge is -2.13. The van der Waals surface area contributed by atoms with Gasteiger partial charge in [0.05, 0.1) is 6.10 Å². The summed E-state index contributed by atoms with van der Waals surface area (Å²) in [4.78, 5) is 4.08. The van der Waals surface area contributed by atoms with Crippen molar-refractivity contribution in [1.29, 1.82) is 0 Å². The summed E-state index contributed by atoms with van der Waals surface area (Å²) in [6.07, 6.45) is 0.664. The number of ether oxygens (including phenoxy) is 1. The maximum atomic E-state index is 13.1. The lowest BCUT2D eigenvalue weighted by molar-refractivity contribution is 0.188. The van der Waals surface area contributed by atoms with E-state index >= 15 is 0 Å². The van der Waals surface area contributed by atoms with Crippen LogP contribution in [0.15, 0.2) is 24.5 Å². The minimum Gasteiger partial charge on any atom is -0.485 e. The Morgan fingerprint density at radius 3 is 2.95 bits per heavy atom. The van der Waals surface area contributed by atoms with Crippen molar-refractivity contribution in [2.75, 3.05) is 0 Å². The number of hydrogen-bond acceptors (Lipinski definition) is 4. The Morgan fingerprint density at radius 2 is 2.26 bits per heavy atom. The molecule has 0 amide bonds. The van der Waals surface area contributed by atoms with E-state index < -0.39 is 11.9 Å². The molecule has 0 spiro atoms. The van der Waals surface area contributed by atoms with Crippen LogP contribution in [0.4, 0.5) is 4.39 Å². The second-order valence-electron chi connectivity index (χ2n) is 4.14. The van der Waals surface area contributed by atoms with Crippen LogP contribution in [-0.2, 0) is 13.2 Å². The smallest absolute Gasteiger partial charge is 0.164 e. The van der Waals surface area contributed by atoms with Crippen LogP contribution in [0, 0.1) is 5.82 Å². The van der Waals surface area contributed by atoms with Gasteiger partial charge in [0.15, 0.2) is 5.82 Å². The van der Waals surface area contributed by atoms with Gasteiger partial charge in [-0.2, -0.15) is 5.10 Å². The number of benzene rings is 1. The van der Waals surface area contributed by atoms with Crippen molar-refractivity contribution in [3.05, 3.63) is 41.7 Å². The first kappa shape index (κ1) is 13.5. The van der Waals surface area contributed by atoms with Crippen LogP contribution in [-0.4, -0.2) is 19.9 Å². The number of rotatable bonds is 5. The topological polar surface area (TPSA) is 60.2 Å². The van der Waals surface area contributed by atoms with E-state index in [1.165, 1.54) is 24.5 Å². The first-order chi connectivity index (χ1) is 9.11. The summed E-state index contributed by atoms with van der Waals surface area (Å²) in [5.74, 6) is 0.727. The fourth-order valence-electron chi connectivity index (χ4n) is 1.78. The average Bonchev–Trinajstić information content (AvgIpc) is 2.84. The lowest BCUT2D eigenvalue weighted by atomic mass is 10.1. The minimum atomic E-state index is -0.797. The van der Waals surface area contributed by atoms with Crippen molar-refractivity contribution in [1.82, 2.24) is 14.8 Å². The Hall–Kier alpha value is -1.95. The lowest BCUT2D eigenvalue weighted by Crippen LogP contribution is -2.08. The Morgan fingerprint density at radius 1 is 1.47 bits per heavy atom. The quantitative estimate of drug-likeness (QED) is 0.899. The predicted molar refractivity (Wildman–Crippen MR) is 67.1 cm³/mol. The molecule has 0 radical (unpaired) electrons. The van der Waals surface area contributed by atoms with Gasteiger partial charge in [0.1, 0.15) is 24.5 Å². The number of nitrogens with zero attached hydrogens (tertiary/aromatic N) is 3. The number of aryl methyl sites for hydroxylation is 1. The zero-order valence-electron chi connectivity index (χ0n) is 10.9. The molecule has 19 heavy (non-hydrogen) atoms. The van der Waals surface area contributed by atoms with Gasteiger partial charge in [0.2, 0.25) is 0 Å². The molecule has 0 bridgehead atoms. The van der Waals surface area contributed by atoms with E-state index in [4.69, 9.17) is 4.74 Å². The summed E-state index contributed by atoms with van der Waals surface area (Å²) < 4.78 is 20.5. The van der Waals surface area contributed by atoms with Crippen LogP contribution >= 0.6 is 0 Å². The Labute approximate surface area is 110 Å². The van der Waals surface area contributed by atoms with Gasteiger partial charge in [-0.25, -0.2) is 14.1 Å². The number of halogens is 1. The molecule has 0 saturated heterocycles. The zero-order chi connectivity index (χ0) is 13.8. The molecular formula is C13H16FN3O2. The molecule has 0 aliphatic heterocycles. The highest BCUT2D eigenvalue weighted by atomic mass is 19.1. The molecule has 0 aliphatic rings. The number of aromatic nitrogens is 3. The minimum absolute atomic E-state index is 0.221. The monoisotopic (exact) mass is 265 g/mol. The van der Waals surface area contributed by atoms with Gasteiger partial charge < -0.3 is 9.84 Å². The first-order valence-electron chi connectivity index (χ1n) is 6.08. The van der Waals surface area contributed by atoms with E-state index in [2.05, 4.69) is 10.1 Å². The third kappa shape index (κ3) is 3.08. The second-order valence-corrected chi connectivity index (χ2v) is 4.14. The maximum Gasteiger partial charge on any atom is 0.164 e. The fourth-order valence-corrected chi connectivity index (χ4v) is 1.78. The Balaban J connectivity index is 2.15. The van der Waals surface area contributed by atoms with E-state index in [1.807, 2.05) is 6.92 Å². The first-order valence-corrected chi connectivity index (χ1v) is 6.08. The summed E-state index contributed by atoms with van der Waals surface area (Å²) in [7, 11) is 0. The van der Waals surface area contributed by atoms with Crippen molar-refractivity contribution < 1.29 is 14.2 Å². The predicted octanol–water partition coefficient (Wildman–Crippen LogP) is 2.07. The molecule has 1 aromatic carbocycles. The Kier molecular flexibility index (Phi) is 4.11. The molecule has 2 aromatic rings. The van der Waals surface area contributed by atoms with Gasteiger partial charge in [0.25, 0.3) is 0 Å². The largest absolute Gasteiger partial charge is 0.485 e. The van der Waals surface area contributed by atoms with Gasteiger partial charge >= 0.3 is 0 Å². The average molecular weight is 265 g/mol. The summed E-state index contributed by atoms with van der Waals surface area (Å²) in [6.45, 7) is 4.44. The molecule has 0 fully saturated rings. The molecule has 1 aromatic heterocycles. The molecule has 5 nitrogen and oxygen atoms in total. The third-order valence-electron chi connectivity index (χ3n) is 2.77. The van der Waals surface area contributed by atoms with Gasteiger partial charge in [-0.3, -0.25) is 0 Å². The summed E-state index contributed by atoms with van der Waals surface area (Å²) in [5.41, 5.74) is 0.419. The maximum absolute atomic E-state index is 13.1. The molecule has 0 unspecified atom stereocenters. The van der Waals surface area contributed by atoms with Crippen LogP contribution in [0.5, 0.6) is 5.75 Å². The number of hydrogen-bond donors (Lipinski definition) is 1.